The van der Waals surface area contributed by atoms with Gasteiger partial charge in [0.2, 0.25) is 0 Å². The molecule has 2 N–H and O–H groups in total. The van der Waals surface area contributed by atoms with E-state index in [1.54, 1.807) is 5.56 Å². The van der Waals surface area contributed by atoms with E-state index in [-0.39, 0.29) is 0 Å². The van der Waals surface area contributed by atoms with Crippen molar-refractivity contribution in [1.82, 2.24) is 10.3 Å². The van der Waals surface area contributed by atoms with E-state index in [4.69, 9.17) is 0 Å². The molecule has 1 atom stereocenters. The summed E-state index contributed by atoms with van der Waals surface area (Å²) in [6.45, 7) is 0. The van der Waals surface area contributed by atoms with E-state index in [9.17, 15) is 0 Å². The highest BCUT2D eigenvalue weighted by atomic mass is 79.9. The highest BCUT2D eigenvalue weighted by Gasteiger charge is 2.26. The highest BCUT2D eigenvalue weighted by molar-refractivity contribution is 9.10. The van der Waals surface area contributed by atoms with Gasteiger partial charge in [0.15, 0.2) is 0 Å². The van der Waals surface area contributed by atoms with Crippen LogP contribution in [0, 0.1) is 0 Å². The monoisotopic (exact) mass is 346 g/mol. The first-order chi connectivity index (χ1) is 10.3. The number of aromatic amines is 1. The predicted molar refractivity (Wildman–Crippen MR) is 91.7 cm³/mol. The molecule has 1 unspecified atom stereocenters. The van der Waals surface area contributed by atoms with Gasteiger partial charge in [-0.1, -0.05) is 35.2 Å². The number of hydrogen-bond donors (Lipinski definition) is 2. The van der Waals surface area contributed by atoms with Crippen molar-refractivity contribution in [3.8, 4) is 0 Å². The summed E-state index contributed by atoms with van der Waals surface area (Å²) in [7, 11) is 0. The molecule has 4 rings (SSSR count). The summed E-state index contributed by atoms with van der Waals surface area (Å²) in [5.41, 5.74) is 4.30. The van der Waals surface area contributed by atoms with Crippen molar-refractivity contribution in [1.29, 1.82) is 0 Å². The quantitative estimate of drug-likeness (QED) is 0.765. The largest absolute Gasteiger partial charge is 0.357 e. The standard InChI is InChI=1S/C18H23BrN2/c19-12-9-10-16-15(11-12)14-7-4-8-17(18(14)21-16)20-13-5-2-1-3-6-13/h9-11,13,17,20-21H,1-8H2. The number of halogens is 1. The fourth-order valence-electron chi connectivity index (χ4n) is 4.16. The molecule has 0 bridgehead atoms. The zero-order valence-corrected chi connectivity index (χ0v) is 14.0. The van der Waals surface area contributed by atoms with Crippen molar-refractivity contribution in [2.24, 2.45) is 0 Å². The van der Waals surface area contributed by atoms with E-state index < -0.39 is 0 Å². The number of aromatic nitrogens is 1. The Hall–Kier alpha value is -0.800. The number of rotatable bonds is 2. The number of aryl methyl sites for hydroxylation is 1. The SMILES string of the molecule is Brc1ccc2[nH]c3c(c2c1)CCCC3NC1CCCCC1. The Morgan fingerprint density at radius 1 is 1.05 bits per heavy atom. The highest BCUT2D eigenvalue weighted by Crippen LogP contribution is 2.36. The average molecular weight is 347 g/mol. The Bertz CT molecular complexity index is 640. The smallest absolute Gasteiger partial charge is 0.0478 e. The molecule has 2 nitrogen and oxygen atoms in total. The van der Waals surface area contributed by atoms with Crippen LogP contribution in [0.25, 0.3) is 10.9 Å². The second-order valence-corrected chi connectivity index (χ2v) is 7.57. The zero-order chi connectivity index (χ0) is 14.2. The predicted octanol–water partition coefficient (Wildman–Crippen LogP) is 5.23. The molecule has 1 aromatic carbocycles. The molecule has 0 amide bonds. The third-order valence-electron chi connectivity index (χ3n) is 5.21. The molecule has 1 heterocycles. The summed E-state index contributed by atoms with van der Waals surface area (Å²) in [6.07, 6.45) is 10.7. The van der Waals surface area contributed by atoms with Crippen molar-refractivity contribution < 1.29 is 0 Å². The van der Waals surface area contributed by atoms with Gasteiger partial charge < -0.3 is 10.3 Å². The Balaban J connectivity index is 1.65. The van der Waals surface area contributed by atoms with E-state index in [1.165, 1.54) is 72.4 Å². The van der Waals surface area contributed by atoms with E-state index >= 15 is 0 Å². The summed E-state index contributed by atoms with van der Waals surface area (Å²) in [5.74, 6) is 0. The minimum absolute atomic E-state index is 0.531. The lowest BCUT2D eigenvalue weighted by Gasteiger charge is -2.31. The van der Waals surface area contributed by atoms with E-state index in [2.05, 4.69) is 44.4 Å². The van der Waals surface area contributed by atoms with Crippen molar-refractivity contribution >= 4 is 26.8 Å². The van der Waals surface area contributed by atoms with E-state index in [0.717, 1.165) is 6.04 Å². The molecule has 2 aliphatic rings. The fraction of sp³-hybridized carbons (Fsp3) is 0.556. The van der Waals surface area contributed by atoms with Crippen LogP contribution < -0.4 is 5.32 Å². The minimum atomic E-state index is 0.531. The molecule has 1 fully saturated rings. The molecule has 0 radical (unpaired) electrons. The van der Waals surface area contributed by atoms with Crippen LogP contribution in [-0.4, -0.2) is 11.0 Å². The second kappa shape index (κ2) is 5.77. The number of hydrogen-bond acceptors (Lipinski definition) is 1. The van der Waals surface area contributed by atoms with Crippen LogP contribution >= 0.6 is 15.9 Å². The maximum atomic E-state index is 3.95. The summed E-state index contributed by atoms with van der Waals surface area (Å²) < 4.78 is 1.18. The molecule has 112 valence electrons. The van der Waals surface area contributed by atoms with Gasteiger partial charge in [0.1, 0.15) is 0 Å². The number of benzene rings is 1. The van der Waals surface area contributed by atoms with Crippen LogP contribution in [0.2, 0.25) is 0 Å². The van der Waals surface area contributed by atoms with Gasteiger partial charge in [0.25, 0.3) is 0 Å². The van der Waals surface area contributed by atoms with Crippen molar-refractivity contribution in [3.05, 3.63) is 33.9 Å². The second-order valence-electron chi connectivity index (χ2n) is 6.65. The minimum Gasteiger partial charge on any atom is -0.357 e. The average Bonchev–Trinajstić information content (AvgIpc) is 2.88. The zero-order valence-electron chi connectivity index (χ0n) is 12.4. The first-order valence-electron chi connectivity index (χ1n) is 8.37. The van der Waals surface area contributed by atoms with Gasteiger partial charge in [-0.3, -0.25) is 0 Å². The molecule has 0 saturated heterocycles. The first kappa shape index (κ1) is 13.8. The number of H-pyrrole nitrogens is 1. The number of nitrogens with one attached hydrogen (secondary N) is 2. The van der Waals surface area contributed by atoms with Crippen LogP contribution in [0.15, 0.2) is 22.7 Å². The normalized spacial score (nSPS) is 23.4. The van der Waals surface area contributed by atoms with Gasteiger partial charge in [-0.15, -0.1) is 0 Å². The van der Waals surface area contributed by atoms with Gasteiger partial charge in [0, 0.05) is 33.2 Å². The molecule has 0 aliphatic heterocycles. The Kier molecular flexibility index (Phi) is 3.80. The first-order valence-corrected chi connectivity index (χ1v) is 9.16. The maximum Gasteiger partial charge on any atom is 0.0478 e. The summed E-state index contributed by atoms with van der Waals surface area (Å²) >= 11 is 3.61. The van der Waals surface area contributed by atoms with Gasteiger partial charge >= 0.3 is 0 Å². The van der Waals surface area contributed by atoms with Gasteiger partial charge in [-0.05, 0) is 55.9 Å². The van der Waals surface area contributed by atoms with Gasteiger partial charge in [-0.25, -0.2) is 0 Å². The van der Waals surface area contributed by atoms with E-state index in [1.807, 2.05) is 0 Å². The van der Waals surface area contributed by atoms with Gasteiger partial charge in [-0.2, -0.15) is 0 Å². The van der Waals surface area contributed by atoms with Crippen molar-refractivity contribution in [2.45, 2.75) is 63.5 Å². The summed E-state index contributed by atoms with van der Waals surface area (Å²) in [5, 5.41) is 5.36. The van der Waals surface area contributed by atoms with Gasteiger partial charge in [0.05, 0.1) is 0 Å². The lowest BCUT2D eigenvalue weighted by molar-refractivity contribution is 0.318. The Labute approximate surface area is 134 Å². The Morgan fingerprint density at radius 2 is 1.90 bits per heavy atom. The van der Waals surface area contributed by atoms with Crippen LogP contribution in [0.3, 0.4) is 0 Å². The molecule has 21 heavy (non-hydrogen) atoms. The number of fused-ring (bicyclic) bond motifs is 3. The lowest BCUT2D eigenvalue weighted by atomic mass is 9.89. The summed E-state index contributed by atoms with van der Waals surface area (Å²) in [6, 6.07) is 7.87. The third-order valence-corrected chi connectivity index (χ3v) is 5.70. The molecule has 0 spiro atoms. The van der Waals surface area contributed by atoms with Crippen LogP contribution in [0.5, 0.6) is 0 Å². The fourth-order valence-corrected chi connectivity index (χ4v) is 4.52. The molecule has 1 saturated carbocycles. The maximum absolute atomic E-state index is 3.95. The lowest BCUT2D eigenvalue weighted by Crippen LogP contribution is -2.36. The molecule has 1 aromatic heterocycles. The molecule has 3 heteroatoms. The molecule has 2 aliphatic carbocycles. The Morgan fingerprint density at radius 3 is 2.76 bits per heavy atom. The third kappa shape index (κ3) is 2.66. The van der Waals surface area contributed by atoms with Crippen molar-refractivity contribution in [3.63, 3.8) is 0 Å². The van der Waals surface area contributed by atoms with Crippen molar-refractivity contribution in [2.75, 3.05) is 0 Å². The van der Waals surface area contributed by atoms with E-state index in [0.29, 0.717) is 6.04 Å². The molecular weight excluding hydrogens is 324 g/mol. The van der Waals surface area contributed by atoms with Crippen LogP contribution in [-0.2, 0) is 6.42 Å². The van der Waals surface area contributed by atoms with Crippen LogP contribution in [0.4, 0.5) is 0 Å². The summed E-state index contributed by atoms with van der Waals surface area (Å²) in [4.78, 5) is 3.70. The van der Waals surface area contributed by atoms with Crippen LogP contribution in [0.1, 0.15) is 62.2 Å². The topological polar surface area (TPSA) is 27.8 Å². The molecule has 2 aromatic rings. The molecular formula is C18H23BrN2.